The molecule has 1 atom stereocenters. The molecular formula is C22H28N2O3S. The Kier molecular flexibility index (Phi) is 5.32. The van der Waals surface area contributed by atoms with Gasteiger partial charge in [-0.15, -0.1) is 0 Å². The second kappa shape index (κ2) is 7.74. The molecule has 1 aliphatic carbocycles. The van der Waals surface area contributed by atoms with E-state index in [2.05, 4.69) is 24.3 Å². The van der Waals surface area contributed by atoms with Crippen LogP contribution in [0.25, 0.3) is 10.8 Å². The molecule has 2 aromatic carbocycles. The molecule has 0 aromatic heterocycles. The highest BCUT2D eigenvalue weighted by molar-refractivity contribution is 7.91. The van der Waals surface area contributed by atoms with Crippen LogP contribution in [0.15, 0.2) is 42.5 Å². The molecule has 2 aliphatic rings. The van der Waals surface area contributed by atoms with Gasteiger partial charge in [-0.3, -0.25) is 4.79 Å². The number of nitrogens with zero attached hydrogens (tertiary/aromatic N) is 2. The van der Waals surface area contributed by atoms with E-state index in [1.165, 1.54) is 5.39 Å². The van der Waals surface area contributed by atoms with Crippen LogP contribution in [0.3, 0.4) is 0 Å². The molecule has 4 rings (SSSR count). The molecule has 0 unspecified atom stereocenters. The Balaban J connectivity index is 1.52. The average molecular weight is 401 g/mol. The van der Waals surface area contributed by atoms with Gasteiger partial charge in [-0.05, 0) is 42.2 Å². The summed E-state index contributed by atoms with van der Waals surface area (Å²) < 4.78 is 24.0. The van der Waals surface area contributed by atoms with Gasteiger partial charge in [0.1, 0.15) is 0 Å². The summed E-state index contributed by atoms with van der Waals surface area (Å²) >= 11 is 0. The van der Waals surface area contributed by atoms with Gasteiger partial charge in [0, 0.05) is 24.8 Å². The number of sulfone groups is 1. The molecule has 6 heteroatoms. The standard InChI is InChI=1S/C22H28N2O3S/c1-23(20-11-10-17-6-2-3-7-18(17)14-20)15-22(25)24(19-8-4-5-9-19)21-12-13-28(26,27)16-21/h2-3,6-7,10-11,14,19,21H,4-5,8-9,12-13,15-16H2,1H3/t21-/m0/s1. The number of carbonyl (C=O) groups is 1. The van der Waals surface area contributed by atoms with E-state index in [1.807, 2.05) is 35.0 Å². The molecular weight excluding hydrogens is 372 g/mol. The van der Waals surface area contributed by atoms with Gasteiger partial charge in [-0.25, -0.2) is 8.42 Å². The van der Waals surface area contributed by atoms with E-state index >= 15 is 0 Å². The van der Waals surface area contributed by atoms with Crippen LogP contribution in [-0.4, -0.2) is 56.4 Å². The molecule has 1 heterocycles. The van der Waals surface area contributed by atoms with Crippen molar-refractivity contribution in [2.24, 2.45) is 0 Å². The summed E-state index contributed by atoms with van der Waals surface area (Å²) in [7, 11) is -1.09. The molecule has 28 heavy (non-hydrogen) atoms. The summed E-state index contributed by atoms with van der Waals surface area (Å²) in [6.07, 6.45) is 4.79. The fourth-order valence-electron chi connectivity index (χ4n) is 4.67. The van der Waals surface area contributed by atoms with Crippen molar-refractivity contribution in [1.29, 1.82) is 0 Å². The number of anilines is 1. The summed E-state index contributed by atoms with van der Waals surface area (Å²) in [4.78, 5) is 17.2. The Labute approximate surface area is 167 Å². The largest absolute Gasteiger partial charge is 0.365 e. The zero-order valence-corrected chi connectivity index (χ0v) is 17.2. The van der Waals surface area contributed by atoms with E-state index in [4.69, 9.17) is 0 Å². The van der Waals surface area contributed by atoms with E-state index in [9.17, 15) is 13.2 Å². The number of hydrogen-bond donors (Lipinski definition) is 0. The summed E-state index contributed by atoms with van der Waals surface area (Å²) in [5, 5.41) is 2.32. The van der Waals surface area contributed by atoms with Crippen molar-refractivity contribution < 1.29 is 13.2 Å². The van der Waals surface area contributed by atoms with Crippen molar-refractivity contribution >= 4 is 32.2 Å². The Morgan fingerprint density at radius 1 is 1.00 bits per heavy atom. The first-order valence-electron chi connectivity index (χ1n) is 10.1. The lowest BCUT2D eigenvalue weighted by Crippen LogP contribution is -2.50. The third kappa shape index (κ3) is 4.02. The maximum Gasteiger partial charge on any atom is 0.242 e. The van der Waals surface area contributed by atoms with Crippen LogP contribution < -0.4 is 4.90 Å². The second-order valence-electron chi connectivity index (χ2n) is 8.18. The van der Waals surface area contributed by atoms with Crippen LogP contribution in [-0.2, 0) is 14.6 Å². The number of hydrogen-bond acceptors (Lipinski definition) is 4. The van der Waals surface area contributed by atoms with Gasteiger partial charge in [0.2, 0.25) is 5.91 Å². The minimum atomic E-state index is -3.02. The maximum atomic E-state index is 13.3. The first-order valence-corrected chi connectivity index (χ1v) is 12.0. The van der Waals surface area contributed by atoms with Gasteiger partial charge in [-0.2, -0.15) is 0 Å². The van der Waals surface area contributed by atoms with E-state index in [-0.39, 0.29) is 36.0 Å². The molecule has 0 N–H and O–H groups in total. The molecule has 1 amide bonds. The molecule has 2 aromatic rings. The van der Waals surface area contributed by atoms with Gasteiger partial charge in [0.15, 0.2) is 9.84 Å². The van der Waals surface area contributed by atoms with Crippen molar-refractivity contribution in [2.45, 2.75) is 44.2 Å². The molecule has 0 spiro atoms. The van der Waals surface area contributed by atoms with Crippen LogP contribution >= 0.6 is 0 Å². The SMILES string of the molecule is CN(CC(=O)N(C1CCCC1)[C@H]1CCS(=O)(=O)C1)c1ccc2ccccc2c1. The first kappa shape index (κ1) is 19.2. The zero-order chi connectivity index (χ0) is 19.7. The number of amides is 1. The molecule has 150 valence electrons. The quantitative estimate of drug-likeness (QED) is 0.773. The van der Waals surface area contributed by atoms with Crippen LogP contribution in [0.5, 0.6) is 0 Å². The minimum absolute atomic E-state index is 0.0460. The summed E-state index contributed by atoms with van der Waals surface area (Å²) in [5.41, 5.74) is 0.998. The maximum absolute atomic E-state index is 13.3. The Hall–Kier alpha value is -2.08. The number of fused-ring (bicyclic) bond motifs is 1. The molecule has 2 fully saturated rings. The van der Waals surface area contributed by atoms with Gasteiger partial charge in [0.25, 0.3) is 0 Å². The number of likely N-dealkylation sites (N-methyl/N-ethyl adjacent to an activating group) is 1. The molecule has 5 nitrogen and oxygen atoms in total. The highest BCUT2D eigenvalue weighted by atomic mass is 32.2. The van der Waals surface area contributed by atoms with Crippen molar-refractivity contribution in [1.82, 2.24) is 4.90 Å². The zero-order valence-electron chi connectivity index (χ0n) is 16.4. The smallest absolute Gasteiger partial charge is 0.242 e. The summed E-state index contributed by atoms with van der Waals surface area (Å²) in [5.74, 6) is 0.369. The van der Waals surface area contributed by atoms with Crippen molar-refractivity contribution in [3.63, 3.8) is 0 Å². The monoisotopic (exact) mass is 400 g/mol. The van der Waals surface area contributed by atoms with E-state index in [1.54, 1.807) is 0 Å². The number of rotatable bonds is 5. The molecule has 1 aliphatic heterocycles. The van der Waals surface area contributed by atoms with E-state index < -0.39 is 9.84 Å². The normalized spacial score (nSPS) is 21.8. The van der Waals surface area contributed by atoms with Gasteiger partial charge >= 0.3 is 0 Å². The average Bonchev–Trinajstić information content (AvgIpc) is 3.31. The molecule has 0 bridgehead atoms. The predicted octanol–water partition coefficient (Wildman–Crippen LogP) is 3.23. The summed E-state index contributed by atoms with van der Waals surface area (Å²) in [6, 6.07) is 14.4. The summed E-state index contributed by atoms with van der Waals surface area (Å²) in [6.45, 7) is 0.269. The predicted molar refractivity (Wildman–Crippen MR) is 113 cm³/mol. The fraction of sp³-hybridized carbons (Fsp3) is 0.500. The van der Waals surface area contributed by atoms with Crippen LogP contribution in [0.4, 0.5) is 5.69 Å². The Morgan fingerprint density at radius 3 is 2.39 bits per heavy atom. The minimum Gasteiger partial charge on any atom is -0.365 e. The van der Waals surface area contributed by atoms with Gasteiger partial charge < -0.3 is 9.80 Å². The topological polar surface area (TPSA) is 57.7 Å². The second-order valence-corrected chi connectivity index (χ2v) is 10.4. The van der Waals surface area contributed by atoms with Crippen LogP contribution in [0.1, 0.15) is 32.1 Å². The Morgan fingerprint density at radius 2 is 1.71 bits per heavy atom. The first-order chi connectivity index (χ1) is 13.4. The molecule has 1 saturated carbocycles. The van der Waals surface area contributed by atoms with Crippen molar-refractivity contribution in [2.75, 3.05) is 30.0 Å². The van der Waals surface area contributed by atoms with E-state index in [0.29, 0.717) is 6.42 Å². The van der Waals surface area contributed by atoms with Gasteiger partial charge in [-0.1, -0.05) is 43.2 Å². The highest BCUT2D eigenvalue weighted by Crippen LogP contribution is 2.30. The Bertz CT molecular complexity index is 967. The van der Waals surface area contributed by atoms with Gasteiger partial charge in [0.05, 0.1) is 18.1 Å². The lowest BCUT2D eigenvalue weighted by molar-refractivity contribution is -0.134. The van der Waals surface area contributed by atoms with Crippen LogP contribution in [0.2, 0.25) is 0 Å². The fourth-order valence-corrected chi connectivity index (χ4v) is 6.38. The number of carbonyl (C=O) groups excluding carboxylic acids is 1. The van der Waals surface area contributed by atoms with E-state index in [0.717, 1.165) is 36.8 Å². The highest BCUT2D eigenvalue weighted by Gasteiger charge is 2.39. The lowest BCUT2D eigenvalue weighted by Gasteiger charge is -2.35. The van der Waals surface area contributed by atoms with Crippen LogP contribution in [0, 0.1) is 0 Å². The lowest BCUT2D eigenvalue weighted by atomic mass is 10.1. The number of benzene rings is 2. The molecule has 0 radical (unpaired) electrons. The van der Waals surface area contributed by atoms with Crippen molar-refractivity contribution in [3.05, 3.63) is 42.5 Å². The third-order valence-electron chi connectivity index (χ3n) is 6.15. The van der Waals surface area contributed by atoms with Crippen molar-refractivity contribution in [3.8, 4) is 0 Å². The third-order valence-corrected chi connectivity index (χ3v) is 7.90. The molecule has 1 saturated heterocycles.